The molecule has 0 aliphatic rings. The Balaban J connectivity index is 2.30. The summed E-state index contributed by atoms with van der Waals surface area (Å²) in [6.07, 6.45) is -0.632. The average molecular weight is 523 g/mol. The first-order valence-corrected chi connectivity index (χ1v) is 9.57. The zero-order chi connectivity index (χ0) is 22.1. The highest BCUT2D eigenvalue weighted by atomic mass is 127. The lowest BCUT2D eigenvalue weighted by Crippen LogP contribution is -2.27. The number of nitrogens with one attached hydrogen (secondary N) is 2. The molecule has 0 spiro atoms. The van der Waals surface area contributed by atoms with Crippen molar-refractivity contribution in [3.8, 4) is 11.8 Å². The predicted molar refractivity (Wildman–Crippen MR) is 115 cm³/mol. The van der Waals surface area contributed by atoms with Gasteiger partial charge in [-0.2, -0.15) is 5.26 Å². The summed E-state index contributed by atoms with van der Waals surface area (Å²) in [5.74, 6) is -0.932. The number of methoxy groups -OCH3 is 1. The Hall–Kier alpha value is -3.14. The Morgan fingerprint density at radius 2 is 1.93 bits per heavy atom. The Morgan fingerprint density at radius 1 is 1.23 bits per heavy atom. The van der Waals surface area contributed by atoms with Gasteiger partial charge in [0.05, 0.1) is 11.6 Å². The molecule has 0 aliphatic carbocycles. The molecule has 0 aromatic heterocycles. The molecule has 0 heterocycles. The van der Waals surface area contributed by atoms with Crippen molar-refractivity contribution in [2.45, 2.75) is 12.2 Å². The summed E-state index contributed by atoms with van der Waals surface area (Å²) in [7, 11) is 1.34. The highest BCUT2D eigenvalue weighted by Gasteiger charge is 2.28. The molecule has 0 unspecified atom stereocenters. The maximum Gasteiger partial charge on any atom is 0.412 e. The first-order valence-electron chi connectivity index (χ1n) is 8.49. The number of nitriles is 1. The van der Waals surface area contributed by atoms with Gasteiger partial charge in [0.25, 0.3) is 5.91 Å². The second-order valence-electron chi connectivity index (χ2n) is 5.88. The van der Waals surface area contributed by atoms with Gasteiger partial charge in [0.15, 0.2) is 6.10 Å². The molecule has 0 fully saturated rings. The fraction of sp³-hybridized carbons (Fsp3) is 0.150. The third-order valence-corrected chi connectivity index (χ3v) is 4.58. The van der Waals surface area contributed by atoms with Crippen LogP contribution in [-0.4, -0.2) is 35.5 Å². The van der Waals surface area contributed by atoms with E-state index < -0.39 is 24.2 Å². The molecule has 156 valence electrons. The molecule has 0 bridgehead atoms. The van der Waals surface area contributed by atoms with E-state index in [4.69, 9.17) is 19.9 Å². The van der Waals surface area contributed by atoms with Crippen LogP contribution < -0.4 is 10.8 Å². The third-order valence-electron chi connectivity index (χ3n) is 3.91. The van der Waals surface area contributed by atoms with Crippen molar-refractivity contribution < 1.29 is 29.4 Å². The van der Waals surface area contributed by atoms with E-state index in [1.54, 1.807) is 12.1 Å². The molecule has 2 aromatic rings. The number of aromatic hydroxyl groups is 1. The molecular weight excluding hydrogens is 505 g/mol. The molecule has 0 saturated heterocycles. The number of nitrogens with zero attached hydrogens (tertiary/aromatic N) is 1. The molecule has 2 amide bonds. The number of phenols is 1. The lowest BCUT2D eigenvalue weighted by molar-refractivity contribution is -0.124. The van der Waals surface area contributed by atoms with Crippen LogP contribution in [0.5, 0.6) is 5.75 Å². The number of halogens is 1. The monoisotopic (exact) mass is 523 g/mol. The molecular formula is C20H18IN3O6. The molecule has 0 radical (unpaired) electrons. The van der Waals surface area contributed by atoms with Crippen molar-refractivity contribution >= 4 is 40.3 Å². The van der Waals surface area contributed by atoms with E-state index in [0.29, 0.717) is 11.3 Å². The van der Waals surface area contributed by atoms with Crippen molar-refractivity contribution in [2.75, 3.05) is 12.4 Å². The van der Waals surface area contributed by atoms with E-state index in [2.05, 4.69) is 5.32 Å². The largest absolute Gasteiger partial charge is 0.508 e. The highest BCUT2D eigenvalue weighted by molar-refractivity contribution is 14.1. The molecule has 9 nitrogen and oxygen atoms in total. The van der Waals surface area contributed by atoms with Gasteiger partial charge in [0, 0.05) is 28.0 Å². The lowest BCUT2D eigenvalue weighted by Gasteiger charge is -2.25. The number of phenolic OH excluding ortho intramolecular Hbond substituents is 1. The van der Waals surface area contributed by atoms with E-state index in [-0.39, 0.29) is 11.3 Å². The fourth-order valence-corrected chi connectivity index (χ4v) is 2.99. The molecule has 2 rings (SSSR count). The van der Waals surface area contributed by atoms with Crippen molar-refractivity contribution in [3.05, 3.63) is 69.3 Å². The molecule has 30 heavy (non-hydrogen) atoms. The zero-order valence-corrected chi connectivity index (χ0v) is 17.9. The van der Waals surface area contributed by atoms with Gasteiger partial charge < -0.3 is 14.6 Å². The summed E-state index contributed by atoms with van der Waals surface area (Å²) in [5, 5.41) is 30.3. The smallest absolute Gasteiger partial charge is 0.412 e. The zero-order valence-electron chi connectivity index (χ0n) is 15.7. The van der Waals surface area contributed by atoms with Gasteiger partial charge in [0.2, 0.25) is 0 Å². The standard InChI is InChI=1S/C20H18IN3O6/c1-29-17(8-9-18(26)24-28)19(15-10-13(21)4-7-16(15)25)30-20(27)23-14-5-2-12(11-22)3-6-14/h2-10,17,19,25,28H,1H3,(H,23,27)(H,24,26)/b9-8+/t17-,19-/m1/s1. The van der Waals surface area contributed by atoms with Gasteiger partial charge in [-0.05, 0) is 71.1 Å². The van der Waals surface area contributed by atoms with Crippen LogP contribution in [0.2, 0.25) is 0 Å². The molecule has 2 aromatic carbocycles. The highest BCUT2D eigenvalue weighted by Crippen LogP contribution is 2.33. The van der Waals surface area contributed by atoms with Gasteiger partial charge in [-0.3, -0.25) is 15.3 Å². The van der Waals surface area contributed by atoms with Crippen LogP contribution in [0, 0.1) is 14.9 Å². The summed E-state index contributed by atoms with van der Waals surface area (Å²) in [4.78, 5) is 23.8. The predicted octanol–water partition coefficient (Wildman–Crippen LogP) is 3.23. The SMILES string of the molecule is CO[C@H](/C=C/C(=O)NO)[C@H](OC(=O)Nc1ccc(C#N)cc1)c1cc(I)ccc1O. The normalized spacial score (nSPS) is 12.6. The molecule has 2 atom stereocenters. The van der Waals surface area contributed by atoms with E-state index in [1.165, 1.54) is 49.0 Å². The van der Waals surface area contributed by atoms with Crippen LogP contribution in [0.1, 0.15) is 17.2 Å². The van der Waals surface area contributed by atoms with Gasteiger partial charge in [0.1, 0.15) is 11.9 Å². The van der Waals surface area contributed by atoms with E-state index in [9.17, 15) is 14.7 Å². The topological polar surface area (TPSA) is 141 Å². The van der Waals surface area contributed by atoms with Gasteiger partial charge in [-0.25, -0.2) is 10.3 Å². The fourth-order valence-electron chi connectivity index (χ4n) is 2.47. The summed E-state index contributed by atoms with van der Waals surface area (Å²) in [6.45, 7) is 0. The minimum Gasteiger partial charge on any atom is -0.508 e. The molecule has 4 N–H and O–H groups in total. The van der Waals surface area contributed by atoms with Crippen LogP contribution in [-0.2, 0) is 14.3 Å². The van der Waals surface area contributed by atoms with E-state index >= 15 is 0 Å². The van der Waals surface area contributed by atoms with Crippen LogP contribution in [0.15, 0.2) is 54.6 Å². The van der Waals surface area contributed by atoms with Gasteiger partial charge in [-0.1, -0.05) is 0 Å². The van der Waals surface area contributed by atoms with Crippen LogP contribution >= 0.6 is 22.6 Å². The van der Waals surface area contributed by atoms with Crippen LogP contribution in [0.4, 0.5) is 10.5 Å². The Morgan fingerprint density at radius 3 is 2.53 bits per heavy atom. The summed E-state index contributed by atoms with van der Waals surface area (Å²) >= 11 is 2.04. The van der Waals surface area contributed by atoms with Crippen molar-refractivity contribution in [3.63, 3.8) is 0 Å². The number of carbonyl (C=O) groups excluding carboxylic acids is 2. The first-order chi connectivity index (χ1) is 14.4. The maximum atomic E-state index is 12.5. The number of hydrogen-bond acceptors (Lipinski definition) is 7. The summed E-state index contributed by atoms with van der Waals surface area (Å²) < 4.78 is 11.6. The quantitative estimate of drug-likeness (QED) is 0.189. The molecule has 0 saturated carbocycles. The first kappa shape index (κ1) is 23.1. The number of amides is 2. The molecule has 10 heteroatoms. The second-order valence-corrected chi connectivity index (χ2v) is 7.12. The Labute approximate surface area is 186 Å². The maximum absolute atomic E-state index is 12.5. The number of anilines is 1. The Bertz CT molecular complexity index is 971. The number of hydrogen-bond donors (Lipinski definition) is 4. The second kappa shape index (κ2) is 11.1. The minimum absolute atomic E-state index is 0.131. The molecule has 0 aliphatic heterocycles. The number of benzene rings is 2. The van der Waals surface area contributed by atoms with Crippen LogP contribution in [0.25, 0.3) is 0 Å². The van der Waals surface area contributed by atoms with E-state index in [1.807, 2.05) is 28.7 Å². The minimum atomic E-state index is -1.12. The van der Waals surface area contributed by atoms with Crippen molar-refractivity contribution in [2.24, 2.45) is 0 Å². The third kappa shape index (κ3) is 6.45. The number of ether oxygens (including phenoxy) is 2. The number of hydroxylamine groups is 1. The Kier molecular flexibility index (Phi) is 8.60. The lowest BCUT2D eigenvalue weighted by atomic mass is 10.0. The summed E-state index contributed by atoms with van der Waals surface area (Å²) in [5.41, 5.74) is 2.54. The van der Waals surface area contributed by atoms with Crippen LogP contribution in [0.3, 0.4) is 0 Å². The van der Waals surface area contributed by atoms with Gasteiger partial charge in [-0.15, -0.1) is 0 Å². The average Bonchev–Trinajstić information content (AvgIpc) is 2.75. The van der Waals surface area contributed by atoms with E-state index in [0.717, 1.165) is 9.65 Å². The van der Waals surface area contributed by atoms with Gasteiger partial charge >= 0.3 is 6.09 Å². The van der Waals surface area contributed by atoms with Crippen molar-refractivity contribution in [1.82, 2.24) is 5.48 Å². The number of carbonyl (C=O) groups is 2. The van der Waals surface area contributed by atoms with Crippen molar-refractivity contribution in [1.29, 1.82) is 5.26 Å². The summed E-state index contributed by atoms with van der Waals surface area (Å²) in [6, 6.07) is 12.9. The number of rotatable bonds is 7.